The largest absolute Gasteiger partial charge is 0.363 e. The predicted octanol–water partition coefficient (Wildman–Crippen LogP) is 1.76. The molecule has 1 aromatic heterocycles. The van der Waals surface area contributed by atoms with Gasteiger partial charge in [0.05, 0.1) is 10.6 Å². The molecule has 0 aliphatic heterocycles. The Morgan fingerprint density at radius 1 is 1.10 bits per heavy atom. The Morgan fingerprint density at radius 2 is 1.75 bits per heavy atom. The number of aliphatic hydroxyl groups is 2. The van der Waals surface area contributed by atoms with Crippen LogP contribution >= 0.6 is 0 Å². The average molecular weight is 274 g/mol. The molecule has 0 saturated heterocycles. The van der Waals surface area contributed by atoms with E-state index in [2.05, 4.69) is 4.98 Å². The summed E-state index contributed by atoms with van der Waals surface area (Å²) in [5.41, 5.74) is 2.20. The zero-order valence-electron chi connectivity index (χ0n) is 10.6. The Hall–Kier alpha value is -2.31. The molecule has 0 amide bonds. The van der Waals surface area contributed by atoms with Crippen molar-refractivity contribution >= 4 is 5.69 Å². The first-order valence-corrected chi connectivity index (χ1v) is 6.10. The fraction of sp³-hybridized carbons (Fsp3) is 0.214. The Morgan fingerprint density at radius 3 is 2.35 bits per heavy atom. The van der Waals surface area contributed by atoms with Gasteiger partial charge in [-0.25, -0.2) is 0 Å². The second-order valence-corrected chi connectivity index (χ2v) is 4.39. The molecule has 0 bridgehead atoms. The fourth-order valence-electron chi connectivity index (χ4n) is 1.86. The third-order valence-electron chi connectivity index (χ3n) is 2.96. The van der Waals surface area contributed by atoms with E-state index in [4.69, 9.17) is 10.2 Å². The van der Waals surface area contributed by atoms with Gasteiger partial charge in [-0.2, -0.15) is 0 Å². The minimum absolute atomic E-state index is 0.0725. The predicted molar refractivity (Wildman–Crippen MR) is 71.9 cm³/mol. The number of benzene rings is 1. The fourth-order valence-corrected chi connectivity index (χ4v) is 1.86. The summed E-state index contributed by atoms with van der Waals surface area (Å²) in [6, 6.07) is 9.84. The third-order valence-corrected chi connectivity index (χ3v) is 2.96. The SMILES string of the molecule is O=[N+]([O-])c1ccc(CCc2ccnc(C(O)O)c2)cc1. The van der Waals surface area contributed by atoms with Crippen LogP contribution in [0.25, 0.3) is 0 Å². The molecule has 2 N–H and O–H groups in total. The van der Waals surface area contributed by atoms with Crippen molar-refractivity contribution in [3.05, 3.63) is 69.5 Å². The van der Waals surface area contributed by atoms with Crippen LogP contribution in [0.4, 0.5) is 5.69 Å². The normalized spacial score (nSPS) is 10.8. The number of nitrogens with zero attached hydrogens (tertiary/aromatic N) is 2. The van der Waals surface area contributed by atoms with Gasteiger partial charge in [-0.15, -0.1) is 0 Å². The minimum atomic E-state index is -1.57. The van der Waals surface area contributed by atoms with Crippen LogP contribution in [-0.4, -0.2) is 20.1 Å². The van der Waals surface area contributed by atoms with Gasteiger partial charge in [-0.05, 0) is 36.1 Å². The number of aromatic nitrogens is 1. The lowest BCUT2D eigenvalue weighted by Gasteiger charge is -2.06. The smallest absolute Gasteiger partial charge is 0.269 e. The number of hydrogen-bond donors (Lipinski definition) is 2. The van der Waals surface area contributed by atoms with Crippen molar-refractivity contribution in [2.24, 2.45) is 0 Å². The quantitative estimate of drug-likeness (QED) is 0.492. The molecule has 6 heteroatoms. The summed E-state index contributed by atoms with van der Waals surface area (Å²) >= 11 is 0. The topological polar surface area (TPSA) is 96.5 Å². The van der Waals surface area contributed by atoms with Gasteiger partial charge in [-0.3, -0.25) is 15.1 Å². The van der Waals surface area contributed by atoms with Crippen LogP contribution in [-0.2, 0) is 12.8 Å². The van der Waals surface area contributed by atoms with Gasteiger partial charge in [0.1, 0.15) is 0 Å². The van der Waals surface area contributed by atoms with Crippen LogP contribution in [0.1, 0.15) is 23.1 Å². The van der Waals surface area contributed by atoms with Crippen molar-refractivity contribution in [3.63, 3.8) is 0 Å². The zero-order chi connectivity index (χ0) is 14.5. The van der Waals surface area contributed by atoms with E-state index in [-0.39, 0.29) is 11.4 Å². The van der Waals surface area contributed by atoms with Gasteiger partial charge in [0, 0.05) is 18.3 Å². The lowest BCUT2D eigenvalue weighted by Crippen LogP contribution is -2.00. The van der Waals surface area contributed by atoms with Crippen molar-refractivity contribution < 1.29 is 15.1 Å². The maximum absolute atomic E-state index is 10.5. The number of nitro groups is 1. The van der Waals surface area contributed by atoms with E-state index in [1.807, 2.05) is 0 Å². The summed E-state index contributed by atoms with van der Waals surface area (Å²) in [6.45, 7) is 0. The molecule has 6 nitrogen and oxygen atoms in total. The monoisotopic (exact) mass is 274 g/mol. The van der Waals surface area contributed by atoms with E-state index < -0.39 is 11.2 Å². The number of aryl methyl sites for hydroxylation is 2. The van der Waals surface area contributed by atoms with E-state index in [0.717, 1.165) is 11.1 Å². The molecule has 0 aliphatic carbocycles. The molecule has 1 aromatic carbocycles. The van der Waals surface area contributed by atoms with Crippen LogP contribution in [0.5, 0.6) is 0 Å². The van der Waals surface area contributed by atoms with E-state index in [9.17, 15) is 10.1 Å². The highest BCUT2D eigenvalue weighted by molar-refractivity contribution is 5.33. The second kappa shape index (κ2) is 6.23. The molecule has 0 radical (unpaired) electrons. The lowest BCUT2D eigenvalue weighted by atomic mass is 10.0. The maximum atomic E-state index is 10.5. The van der Waals surface area contributed by atoms with Crippen molar-refractivity contribution in [2.45, 2.75) is 19.1 Å². The molecule has 0 aliphatic rings. The van der Waals surface area contributed by atoms with Crippen molar-refractivity contribution in [3.8, 4) is 0 Å². The number of non-ortho nitro benzene ring substituents is 1. The van der Waals surface area contributed by atoms with E-state index in [1.54, 1.807) is 24.3 Å². The molecule has 2 rings (SSSR count). The first-order chi connectivity index (χ1) is 9.56. The molecule has 0 spiro atoms. The minimum Gasteiger partial charge on any atom is -0.363 e. The average Bonchev–Trinajstić information content (AvgIpc) is 2.46. The van der Waals surface area contributed by atoms with Crippen LogP contribution in [0.15, 0.2) is 42.6 Å². The van der Waals surface area contributed by atoms with Gasteiger partial charge in [0.25, 0.3) is 5.69 Å². The Bertz CT molecular complexity index is 596. The molecule has 20 heavy (non-hydrogen) atoms. The highest BCUT2D eigenvalue weighted by Crippen LogP contribution is 2.15. The van der Waals surface area contributed by atoms with E-state index >= 15 is 0 Å². The summed E-state index contributed by atoms with van der Waals surface area (Å²) in [5, 5.41) is 28.6. The van der Waals surface area contributed by atoms with Gasteiger partial charge < -0.3 is 10.2 Å². The number of nitro benzene ring substituents is 1. The first-order valence-electron chi connectivity index (χ1n) is 6.10. The van der Waals surface area contributed by atoms with E-state index in [1.165, 1.54) is 18.3 Å². The van der Waals surface area contributed by atoms with Crippen LogP contribution in [0.3, 0.4) is 0 Å². The molecule has 1 heterocycles. The van der Waals surface area contributed by atoms with Gasteiger partial charge >= 0.3 is 0 Å². The van der Waals surface area contributed by atoms with Crippen LogP contribution in [0.2, 0.25) is 0 Å². The van der Waals surface area contributed by atoms with Crippen molar-refractivity contribution in [1.82, 2.24) is 4.98 Å². The van der Waals surface area contributed by atoms with Gasteiger partial charge in [0.15, 0.2) is 6.29 Å². The molecule has 0 atom stereocenters. The second-order valence-electron chi connectivity index (χ2n) is 4.39. The van der Waals surface area contributed by atoms with Gasteiger partial charge in [-0.1, -0.05) is 12.1 Å². The van der Waals surface area contributed by atoms with Crippen LogP contribution in [0, 0.1) is 10.1 Å². The molecular weight excluding hydrogens is 260 g/mol. The highest BCUT2D eigenvalue weighted by atomic mass is 16.6. The molecule has 104 valence electrons. The Kier molecular flexibility index (Phi) is 4.39. The number of pyridine rings is 1. The van der Waals surface area contributed by atoms with Crippen molar-refractivity contribution in [2.75, 3.05) is 0 Å². The number of aliphatic hydroxyl groups excluding tert-OH is 1. The number of rotatable bonds is 5. The first kappa shape index (κ1) is 14.1. The van der Waals surface area contributed by atoms with Crippen molar-refractivity contribution in [1.29, 1.82) is 0 Å². The summed E-state index contributed by atoms with van der Waals surface area (Å²) < 4.78 is 0. The van der Waals surface area contributed by atoms with Crippen LogP contribution < -0.4 is 0 Å². The highest BCUT2D eigenvalue weighted by Gasteiger charge is 2.06. The maximum Gasteiger partial charge on any atom is 0.269 e. The molecule has 0 fully saturated rings. The molecule has 0 unspecified atom stereocenters. The molecule has 0 saturated carbocycles. The third kappa shape index (κ3) is 3.59. The summed E-state index contributed by atoms with van der Waals surface area (Å²) in [7, 11) is 0. The zero-order valence-corrected chi connectivity index (χ0v) is 10.6. The summed E-state index contributed by atoms with van der Waals surface area (Å²) in [4.78, 5) is 14.0. The Labute approximate surface area is 115 Å². The number of hydrogen-bond acceptors (Lipinski definition) is 5. The molecule has 2 aromatic rings. The van der Waals surface area contributed by atoms with Gasteiger partial charge in [0.2, 0.25) is 0 Å². The summed E-state index contributed by atoms with van der Waals surface area (Å²) in [6.07, 6.45) is 1.36. The standard InChI is InChI=1S/C14H14N2O4/c17-14(18)13-9-11(7-8-15-13)2-1-10-3-5-12(6-4-10)16(19)20/h3-9,14,17-18H,1-2H2. The lowest BCUT2D eigenvalue weighted by molar-refractivity contribution is -0.384. The van der Waals surface area contributed by atoms with E-state index in [0.29, 0.717) is 12.8 Å². The molecular formula is C14H14N2O4. The Balaban J connectivity index is 2.01. The summed E-state index contributed by atoms with van der Waals surface area (Å²) in [5.74, 6) is 0.